The molecular formula is C12H17N7O2. The van der Waals surface area contributed by atoms with Crippen molar-refractivity contribution in [2.75, 3.05) is 37.9 Å². The highest BCUT2D eigenvalue weighted by Gasteiger charge is 2.35. The van der Waals surface area contributed by atoms with Gasteiger partial charge < -0.3 is 20.5 Å². The van der Waals surface area contributed by atoms with E-state index in [4.69, 9.17) is 15.2 Å². The highest BCUT2D eigenvalue weighted by atomic mass is 16.5. The van der Waals surface area contributed by atoms with E-state index < -0.39 is 0 Å². The van der Waals surface area contributed by atoms with E-state index in [1.807, 2.05) is 0 Å². The van der Waals surface area contributed by atoms with Gasteiger partial charge in [0, 0.05) is 39.1 Å². The topological polar surface area (TPSA) is 113 Å². The van der Waals surface area contributed by atoms with Gasteiger partial charge in [0.25, 0.3) is 5.95 Å². The summed E-state index contributed by atoms with van der Waals surface area (Å²) in [7, 11) is 1.67. The Balaban J connectivity index is 1.76. The number of aromatic nitrogens is 5. The number of nitrogens with two attached hydrogens (primary N) is 1. The highest BCUT2D eigenvalue weighted by molar-refractivity contribution is 5.35. The first-order chi connectivity index (χ1) is 10.2. The van der Waals surface area contributed by atoms with Crippen LogP contribution in [0.15, 0.2) is 18.5 Å². The van der Waals surface area contributed by atoms with Gasteiger partial charge >= 0.3 is 0 Å². The zero-order valence-corrected chi connectivity index (χ0v) is 11.7. The standard InChI is InChI=1S/C12H17N7O2/c1-20-12(3-6-21-8-12)7-14-10-16-9(13)17-11(18-10)19-5-2-4-15-19/h2,4-5H,3,6-8H2,1H3,(H3,13,14,16,17,18). The summed E-state index contributed by atoms with van der Waals surface area (Å²) in [5.41, 5.74) is 5.36. The zero-order valence-electron chi connectivity index (χ0n) is 11.7. The lowest BCUT2D eigenvalue weighted by atomic mass is 10.0. The maximum atomic E-state index is 5.72. The average molecular weight is 291 g/mol. The number of nitrogens with one attached hydrogen (secondary N) is 1. The van der Waals surface area contributed by atoms with Crippen molar-refractivity contribution in [3.8, 4) is 5.95 Å². The van der Waals surface area contributed by atoms with Gasteiger partial charge in [-0.05, 0) is 6.07 Å². The molecule has 9 heteroatoms. The Morgan fingerprint density at radius 3 is 3.05 bits per heavy atom. The van der Waals surface area contributed by atoms with Gasteiger partial charge in [0.05, 0.1) is 6.61 Å². The van der Waals surface area contributed by atoms with Gasteiger partial charge in [0.15, 0.2) is 0 Å². The molecule has 1 unspecified atom stereocenters. The van der Waals surface area contributed by atoms with Crippen LogP contribution in [-0.4, -0.2) is 57.2 Å². The summed E-state index contributed by atoms with van der Waals surface area (Å²) in [4.78, 5) is 12.4. The van der Waals surface area contributed by atoms with Crippen LogP contribution in [0.25, 0.3) is 5.95 Å². The fourth-order valence-corrected chi connectivity index (χ4v) is 2.15. The predicted octanol–water partition coefficient (Wildman–Crippen LogP) is -0.143. The summed E-state index contributed by atoms with van der Waals surface area (Å²) in [6, 6.07) is 1.78. The van der Waals surface area contributed by atoms with Crippen LogP contribution in [0.1, 0.15) is 6.42 Å². The molecule has 2 aromatic rings. The molecule has 0 amide bonds. The molecule has 1 fully saturated rings. The average Bonchev–Trinajstić information content (AvgIpc) is 3.17. The molecule has 0 spiro atoms. The molecular weight excluding hydrogens is 274 g/mol. The Kier molecular flexibility index (Phi) is 3.67. The first kappa shape index (κ1) is 13.7. The van der Waals surface area contributed by atoms with E-state index >= 15 is 0 Å². The minimum Gasteiger partial charge on any atom is -0.378 e. The third-order valence-corrected chi connectivity index (χ3v) is 3.42. The minimum atomic E-state index is -0.354. The van der Waals surface area contributed by atoms with Crippen molar-refractivity contribution < 1.29 is 9.47 Å². The van der Waals surface area contributed by atoms with Gasteiger partial charge in [-0.2, -0.15) is 20.1 Å². The van der Waals surface area contributed by atoms with Crippen LogP contribution in [0.2, 0.25) is 0 Å². The van der Waals surface area contributed by atoms with Crippen LogP contribution in [0.5, 0.6) is 0 Å². The summed E-state index contributed by atoms with van der Waals surface area (Å²) in [5.74, 6) is 0.882. The van der Waals surface area contributed by atoms with Gasteiger partial charge in [-0.1, -0.05) is 0 Å². The van der Waals surface area contributed by atoms with Gasteiger partial charge in [0.2, 0.25) is 11.9 Å². The molecule has 9 nitrogen and oxygen atoms in total. The number of rotatable bonds is 5. The number of anilines is 2. The molecule has 3 heterocycles. The molecule has 1 aliphatic rings. The molecule has 3 rings (SSSR count). The van der Waals surface area contributed by atoms with E-state index in [0.717, 1.165) is 6.42 Å². The largest absolute Gasteiger partial charge is 0.378 e. The Hall–Kier alpha value is -2.26. The lowest BCUT2D eigenvalue weighted by Crippen LogP contribution is -2.40. The van der Waals surface area contributed by atoms with E-state index in [2.05, 4.69) is 25.4 Å². The molecule has 2 aromatic heterocycles. The van der Waals surface area contributed by atoms with E-state index in [1.165, 1.54) is 4.68 Å². The van der Waals surface area contributed by atoms with Gasteiger partial charge in [0.1, 0.15) is 5.60 Å². The van der Waals surface area contributed by atoms with Crippen LogP contribution in [-0.2, 0) is 9.47 Å². The van der Waals surface area contributed by atoms with Gasteiger partial charge in [-0.3, -0.25) is 0 Å². The van der Waals surface area contributed by atoms with Crippen LogP contribution >= 0.6 is 0 Å². The normalized spacial score (nSPS) is 21.6. The third-order valence-electron chi connectivity index (χ3n) is 3.42. The smallest absolute Gasteiger partial charge is 0.257 e. The second kappa shape index (κ2) is 5.62. The van der Waals surface area contributed by atoms with E-state index in [0.29, 0.717) is 31.7 Å². The monoisotopic (exact) mass is 291 g/mol. The van der Waals surface area contributed by atoms with Crippen LogP contribution in [0, 0.1) is 0 Å². The Morgan fingerprint density at radius 2 is 2.38 bits per heavy atom. The molecule has 0 saturated carbocycles. The zero-order chi connectivity index (χ0) is 14.7. The number of ether oxygens (including phenoxy) is 2. The summed E-state index contributed by atoms with van der Waals surface area (Å²) in [6.07, 6.45) is 4.20. The number of nitrogens with zero attached hydrogens (tertiary/aromatic N) is 5. The second-order valence-corrected chi connectivity index (χ2v) is 4.81. The Bertz CT molecular complexity index is 596. The van der Waals surface area contributed by atoms with Gasteiger partial charge in [-0.15, -0.1) is 0 Å². The molecule has 1 atom stereocenters. The molecule has 0 aliphatic carbocycles. The molecule has 0 bridgehead atoms. The Labute approximate surface area is 121 Å². The predicted molar refractivity (Wildman–Crippen MR) is 75.0 cm³/mol. The summed E-state index contributed by atoms with van der Waals surface area (Å²) in [5, 5.41) is 7.21. The maximum Gasteiger partial charge on any atom is 0.257 e. The second-order valence-electron chi connectivity index (χ2n) is 4.81. The van der Waals surface area contributed by atoms with Crippen molar-refractivity contribution in [1.82, 2.24) is 24.7 Å². The summed E-state index contributed by atoms with van der Waals surface area (Å²) < 4.78 is 12.5. The Morgan fingerprint density at radius 1 is 1.48 bits per heavy atom. The van der Waals surface area contributed by atoms with Crippen LogP contribution < -0.4 is 11.1 Å². The number of methoxy groups -OCH3 is 1. The van der Waals surface area contributed by atoms with E-state index in [9.17, 15) is 0 Å². The lowest BCUT2D eigenvalue weighted by Gasteiger charge is -2.25. The number of hydrogen-bond acceptors (Lipinski definition) is 8. The molecule has 1 saturated heterocycles. The lowest BCUT2D eigenvalue weighted by molar-refractivity contribution is -0.00631. The maximum absolute atomic E-state index is 5.72. The van der Waals surface area contributed by atoms with E-state index in [1.54, 1.807) is 25.6 Å². The van der Waals surface area contributed by atoms with E-state index in [-0.39, 0.29) is 11.5 Å². The SMILES string of the molecule is COC1(CNc2nc(N)nc(-n3cccn3)n2)CCOC1. The molecule has 112 valence electrons. The van der Waals surface area contributed by atoms with Crippen LogP contribution in [0.3, 0.4) is 0 Å². The van der Waals surface area contributed by atoms with Crippen molar-refractivity contribution in [3.63, 3.8) is 0 Å². The van der Waals surface area contributed by atoms with Crippen molar-refractivity contribution in [1.29, 1.82) is 0 Å². The molecule has 21 heavy (non-hydrogen) atoms. The van der Waals surface area contributed by atoms with Crippen molar-refractivity contribution in [3.05, 3.63) is 18.5 Å². The number of nitrogen functional groups attached to an aromatic ring is 1. The van der Waals surface area contributed by atoms with Crippen molar-refractivity contribution in [2.45, 2.75) is 12.0 Å². The fourth-order valence-electron chi connectivity index (χ4n) is 2.15. The first-order valence-electron chi connectivity index (χ1n) is 6.59. The van der Waals surface area contributed by atoms with Crippen LogP contribution in [0.4, 0.5) is 11.9 Å². The molecule has 3 N–H and O–H groups in total. The molecule has 1 aliphatic heterocycles. The molecule has 0 aromatic carbocycles. The fraction of sp³-hybridized carbons (Fsp3) is 0.500. The van der Waals surface area contributed by atoms with Crippen molar-refractivity contribution in [2.24, 2.45) is 0 Å². The molecule has 0 radical (unpaired) electrons. The summed E-state index contributed by atoms with van der Waals surface area (Å²) >= 11 is 0. The van der Waals surface area contributed by atoms with Crippen molar-refractivity contribution >= 4 is 11.9 Å². The minimum absolute atomic E-state index is 0.132. The van der Waals surface area contributed by atoms with Gasteiger partial charge in [-0.25, -0.2) is 4.68 Å². The third kappa shape index (κ3) is 2.93. The first-order valence-corrected chi connectivity index (χ1v) is 6.59. The summed E-state index contributed by atoms with van der Waals surface area (Å²) in [6.45, 7) is 1.77. The quantitative estimate of drug-likeness (QED) is 0.782. The number of hydrogen-bond donors (Lipinski definition) is 2. The highest BCUT2D eigenvalue weighted by Crippen LogP contribution is 2.22.